The first-order valence-corrected chi connectivity index (χ1v) is 7.48. The number of rotatable bonds is 3. The number of benzene rings is 2. The van der Waals surface area contributed by atoms with E-state index >= 15 is 0 Å². The van der Waals surface area contributed by atoms with Crippen molar-refractivity contribution in [3.63, 3.8) is 0 Å². The second-order valence-corrected chi connectivity index (χ2v) is 5.55. The maximum Gasteiger partial charge on any atom is 0.0574 e. The topological polar surface area (TPSA) is 29.3 Å². The van der Waals surface area contributed by atoms with Gasteiger partial charge in [-0.1, -0.05) is 49.7 Å². The van der Waals surface area contributed by atoms with Crippen LogP contribution in [-0.2, 0) is 0 Å². The summed E-state index contributed by atoms with van der Waals surface area (Å²) in [6.07, 6.45) is 3.43. The summed E-state index contributed by atoms with van der Waals surface area (Å²) in [4.78, 5) is 2.41. The van der Waals surface area contributed by atoms with Crippen LogP contribution >= 0.6 is 0 Å². The van der Waals surface area contributed by atoms with Crippen LogP contribution in [0.3, 0.4) is 0 Å². The van der Waals surface area contributed by atoms with Crippen molar-refractivity contribution in [3.8, 4) is 0 Å². The first kappa shape index (κ1) is 13.0. The zero-order valence-electron chi connectivity index (χ0n) is 12.1. The molecule has 0 fully saturated rings. The number of hydrogen-bond acceptors (Lipinski definition) is 2. The minimum absolute atomic E-state index is 0.864. The van der Waals surface area contributed by atoms with Gasteiger partial charge < -0.3 is 10.6 Å². The van der Waals surface area contributed by atoms with Crippen molar-refractivity contribution in [1.82, 2.24) is 0 Å². The first-order chi connectivity index (χ1) is 9.79. The summed E-state index contributed by atoms with van der Waals surface area (Å²) in [5.41, 5.74) is 10.1. The van der Waals surface area contributed by atoms with Crippen molar-refractivity contribution in [2.75, 3.05) is 18.0 Å². The molecule has 0 unspecified atom stereocenters. The van der Waals surface area contributed by atoms with Crippen LogP contribution in [0.2, 0.25) is 0 Å². The first-order valence-electron chi connectivity index (χ1n) is 7.48. The van der Waals surface area contributed by atoms with E-state index in [0.29, 0.717) is 0 Å². The van der Waals surface area contributed by atoms with E-state index in [-0.39, 0.29) is 0 Å². The molecule has 0 spiro atoms. The Labute approximate surface area is 120 Å². The van der Waals surface area contributed by atoms with Crippen molar-refractivity contribution in [1.29, 1.82) is 0 Å². The Kier molecular flexibility index (Phi) is 3.64. The number of nitrogens with two attached hydrogens (primary N) is 1. The van der Waals surface area contributed by atoms with E-state index in [9.17, 15) is 0 Å². The van der Waals surface area contributed by atoms with Crippen LogP contribution in [0.1, 0.15) is 26.2 Å². The van der Waals surface area contributed by atoms with Crippen molar-refractivity contribution in [3.05, 3.63) is 53.7 Å². The van der Waals surface area contributed by atoms with Crippen molar-refractivity contribution < 1.29 is 0 Å². The molecule has 0 aliphatic carbocycles. The zero-order chi connectivity index (χ0) is 13.9. The van der Waals surface area contributed by atoms with Crippen LogP contribution < -0.4 is 10.6 Å². The van der Waals surface area contributed by atoms with Crippen LogP contribution in [0.5, 0.6) is 0 Å². The third-order valence-electron chi connectivity index (χ3n) is 4.16. The minimum atomic E-state index is 0.864. The van der Waals surface area contributed by atoms with Crippen LogP contribution in [0.15, 0.2) is 53.7 Å². The van der Waals surface area contributed by atoms with Gasteiger partial charge in [0.2, 0.25) is 0 Å². The molecule has 1 aliphatic rings. The molecule has 2 heteroatoms. The van der Waals surface area contributed by atoms with Gasteiger partial charge in [0.25, 0.3) is 0 Å². The number of fused-ring (bicyclic) bond motifs is 1. The van der Waals surface area contributed by atoms with Gasteiger partial charge in [-0.15, -0.1) is 0 Å². The molecule has 104 valence electrons. The maximum absolute atomic E-state index is 6.27. The number of anilines is 1. The van der Waals surface area contributed by atoms with E-state index in [0.717, 1.165) is 31.6 Å². The highest BCUT2D eigenvalue weighted by Gasteiger charge is 2.18. The van der Waals surface area contributed by atoms with Gasteiger partial charge in [0, 0.05) is 23.3 Å². The highest BCUT2D eigenvalue weighted by molar-refractivity contribution is 5.94. The molecule has 0 bridgehead atoms. The van der Waals surface area contributed by atoms with Gasteiger partial charge in [0.1, 0.15) is 0 Å². The van der Waals surface area contributed by atoms with Crippen molar-refractivity contribution in [2.45, 2.75) is 26.2 Å². The summed E-state index contributed by atoms with van der Waals surface area (Å²) in [6.45, 7) is 4.16. The molecule has 2 aromatic carbocycles. The molecule has 0 atom stereocenters. The summed E-state index contributed by atoms with van der Waals surface area (Å²) in [5, 5.41) is 2.62. The molecule has 20 heavy (non-hydrogen) atoms. The molecule has 0 amide bonds. The lowest BCUT2D eigenvalue weighted by molar-refractivity contribution is 0.708. The molecule has 2 aromatic rings. The summed E-state index contributed by atoms with van der Waals surface area (Å²) < 4.78 is 0. The largest absolute Gasteiger partial charge is 0.401 e. The lowest BCUT2D eigenvalue weighted by Gasteiger charge is -2.32. The van der Waals surface area contributed by atoms with E-state index in [1.54, 1.807) is 0 Å². The number of nitrogens with zero attached hydrogens (tertiary/aromatic N) is 1. The molecule has 2 N–H and O–H groups in total. The molecule has 3 rings (SSSR count). The van der Waals surface area contributed by atoms with Gasteiger partial charge in [-0.25, -0.2) is 0 Å². The molecule has 0 aromatic heterocycles. The smallest absolute Gasteiger partial charge is 0.0574 e. The third kappa shape index (κ3) is 2.38. The van der Waals surface area contributed by atoms with Crippen LogP contribution in [-0.4, -0.2) is 13.1 Å². The van der Waals surface area contributed by atoms with Gasteiger partial charge in [-0.05, 0) is 29.9 Å². The van der Waals surface area contributed by atoms with Gasteiger partial charge >= 0.3 is 0 Å². The quantitative estimate of drug-likeness (QED) is 0.907. The normalized spacial score (nSPS) is 15.9. The average molecular weight is 266 g/mol. The fourth-order valence-electron chi connectivity index (χ4n) is 3.10. The van der Waals surface area contributed by atoms with Gasteiger partial charge in [-0.2, -0.15) is 0 Å². The molecule has 0 saturated carbocycles. The lowest BCUT2D eigenvalue weighted by Crippen LogP contribution is -2.34. The summed E-state index contributed by atoms with van der Waals surface area (Å²) >= 11 is 0. The highest BCUT2D eigenvalue weighted by atomic mass is 15.1. The van der Waals surface area contributed by atoms with Crippen molar-refractivity contribution in [2.24, 2.45) is 5.73 Å². The van der Waals surface area contributed by atoms with E-state index in [2.05, 4.69) is 54.3 Å². The fraction of sp³-hybridized carbons (Fsp3) is 0.333. The van der Waals surface area contributed by atoms with E-state index < -0.39 is 0 Å². The lowest BCUT2D eigenvalue weighted by atomic mass is 9.99. The average Bonchev–Trinajstić information content (AvgIpc) is 2.49. The summed E-state index contributed by atoms with van der Waals surface area (Å²) in [5.74, 6) is 0. The SMILES string of the molecule is CCCC1=C(N)CN(c2cccc3ccccc23)CC1. The van der Waals surface area contributed by atoms with Gasteiger partial charge in [0.05, 0.1) is 6.54 Å². The van der Waals surface area contributed by atoms with Crippen LogP contribution in [0, 0.1) is 0 Å². The summed E-state index contributed by atoms with van der Waals surface area (Å²) in [6, 6.07) is 15.1. The van der Waals surface area contributed by atoms with Crippen LogP contribution in [0.4, 0.5) is 5.69 Å². The highest BCUT2D eigenvalue weighted by Crippen LogP contribution is 2.30. The third-order valence-corrected chi connectivity index (χ3v) is 4.16. The molecular formula is C18H22N2. The second-order valence-electron chi connectivity index (χ2n) is 5.55. The molecule has 2 nitrogen and oxygen atoms in total. The maximum atomic E-state index is 6.27. The molecular weight excluding hydrogens is 244 g/mol. The monoisotopic (exact) mass is 266 g/mol. The Morgan fingerprint density at radius 1 is 1.10 bits per heavy atom. The van der Waals surface area contributed by atoms with E-state index in [4.69, 9.17) is 5.73 Å². The number of hydrogen-bond donors (Lipinski definition) is 1. The predicted molar refractivity (Wildman–Crippen MR) is 86.9 cm³/mol. The second kappa shape index (κ2) is 5.58. The predicted octanol–water partition coefficient (Wildman–Crippen LogP) is 4.06. The Bertz CT molecular complexity index is 637. The summed E-state index contributed by atoms with van der Waals surface area (Å²) in [7, 11) is 0. The molecule has 1 heterocycles. The van der Waals surface area contributed by atoms with E-state index in [1.807, 2.05) is 0 Å². The fourth-order valence-corrected chi connectivity index (χ4v) is 3.10. The minimum Gasteiger partial charge on any atom is -0.401 e. The Morgan fingerprint density at radius 2 is 1.90 bits per heavy atom. The van der Waals surface area contributed by atoms with Crippen LogP contribution in [0.25, 0.3) is 10.8 Å². The Morgan fingerprint density at radius 3 is 2.70 bits per heavy atom. The Hall–Kier alpha value is -1.96. The standard InChI is InChI=1S/C18H22N2/c1-2-6-15-11-12-20(13-17(15)19)18-10-5-8-14-7-3-4-9-16(14)18/h3-5,7-10H,2,6,11-13,19H2,1H3. The van der Waals surface area contributed by atoms with E-state index in [1.165, 1.54) is 28.5 Å². The molecule has 0 saturated heterocycles. The zero-order valence-corrected chi connectivity index (χ0v) is 12.1. The Balaban J connectivity index is 1.94. The molecule has 1 aliphatic heterocycles. The molecule has 0 radical (unpaired) electrons. The van der Waals surface area contributed by atoms with Crippen molar-refractivity contribution >= 4 is 16.5 Å². The van der Waals surface area contributed by atoms with Gasteiger partial charge in [0.15, 0.2) is 0 Å². The van der Waals surface area contributed by atoms with Gasteiger partial charge in [-0.3, -0.25) is 0 Å².